The lowest BCUT2D eigenvalue weighted by atomic mass is 10.1. The zero-order valence-electron chi connectivity index (χ0n) is 17.3. The molecule has 0 bridgehead atoms. The second-order valence-electron chi connectivity index (χ2n) is 7.13. The number of anilines is 1. The van der Waals surface area contributed by atoms with Gasteiger partial charge in [0.25, 0.3) is 5.91 Å². The number of amides is 1. The molecule has 0 radical (unpaired) electrons. The topological polar surface area (TPSA) is 115 Å². The first kappa shape index (κ1) is 26.0. The highest BCUT2D eigenvalue weighted by molar-refractivity contribution is 5.93. The summed E-state index contributed by atoms with van der Waals surface area (Å²) in [5.41, 5.74) is 11.2. The maximum absolute atomic E-state index is 12.8. The maximum atomic E-state index is 12.8. The monoisotopic (exact) mass is 451 g/mol. The van der Waals surface area contributed by atoms with Crippen LogP contribution in [0.2, 0.25) is 0 Å². The van der Waals surface area contributed by atoms with E-state index in [1.54, 1.807) is 25.3 Å². The second kappa shape index (κ2) is 10.8. The molecule has 31 heavy (non-hydrogen) atoms. The first-order chi connectivity index (χ1) is 14.2. The van der Waals surface area contributed by atoms with E-state index < -0.39 is 36.5 Å². The van der Waals surface area contributed by atoms with Crippen molar-refractivity contribution >= 4 is 11.7 Å². The van der Waals surface area contributed by atoms with Gasteiger partial charge in [-0.2, -0.15) is 22.0 Å². The summed E-state index contributed by atoms with van der Waals surface area (Å²) in [5, 5.41) is 5.78. The van der Waals surface area contributed by atoms with Crippen LogP contribution < -0.4 is 22.1 Å². The maximum Gasteiger partial charge on any atom is 0.456 e. The lowest BCUT2D eigenvalue weighted by Gasteiger charge is -2.19. The van der Waals surface area contributed by atoms with Crippen LogP contribution in [0.4, 0.5) is 27.8 Å². The van der Waals surface area contributed by atoms with Crippen molar-refractivity contribution in [3.8, 4) is 0 Å². The van der Waals surface area contributed by atoms with Gasteiger partial charge in [0, 0.05) is 12.7 Å². The van der Waals surface area contributed by atoms with Gasteiger partial charge in [0.05, 0.1) is 11.7 Å². The highest BCUT2D eigenvalue weighted by Gasteiger charge is 2.58. The number of rotatable bonds is 10. The van der Waals surface area contributed by atoms with Gasteiger partial charge in [-0.1, -0.05) is 13.8 Å². The van der Waals surface area contributed by atoms with Crippen LogP contribution in [0, 0.1) is 5.92 Å². The number of alkyl halides is 5. The van der Waals surface area contributed by atoms with E-state index in [2.05, 4.69) is 20.4 Å². The van der Waals surface area contributed by atoms with Gasteiger partial charge in [-0.05, 0) is 42.7 Å². The minimum Gasteiger partial charge on any atom is -0.473 e. The molecule has 1 aromatic rings. The fourth-order valence-electron chi connectivity index (χ4n) is 2.04. The Morgan fingerprint density at radius 3 is 2.42 bits per heavy atom. The van der Waals surface area contributed by atoms with E-state index in [1.165, 1.54) is 0 Å². The summed E-state index contributed by atoms with van der Waals surface area (Å²) in [7, 11) is 0. The summed E-state index contributed by atoms with van der Waals surface area (Å²) < 4.78 is 66.0. The fourth-order valence-corrected chi connectivity index (χ4v) is 2.04. The third-order valence-electron chi connectivity index (χ3n) is 3.85. The van der Waals surface area contributed by atoms with Gasteiger partial charge in [0.1, 0.15) is 5.82 Å². The molecule has 0 aromatic carbocycles. The molecule has 0 aliphatic heterocycles. The van der Waals surface area contributed by atoms with Crippen molar-refractivity contribution in [2.75, 3.05) is 18.5 Å². The first-order valence-corrected chi connectivity index (χ1v) is 9.24. The largest absolute Gasteiger partial charge is 0.473 e. The van der Waals surface area contributed by atoms with Gasteiger partial charge >= 0.3 is 12.1 Å². The second-order valence-corrected chi connectivity index (χ2v) is 7.13. The number of carbonyl (C=O) groups excluding carboxylic acids is 1. The van der Waals surface area contributed by atoms with E-state index in [9.17, 15) is 26.7 Å². The first-order valence-electron chi connectivity index (χ1n) is 9.24. The summed E-state index contributed by atoms with van der Waals surface area (Å²) in [6, 6.07) is 3.02. The molecule has 1 atom stereocenters. The number of aromatic nitrogens is 1. The Labute approximate surface area is 176 Å². The van der Waals surface area contributed by atoms with Crippen molar-refractivity contribution in [3.63, 3.8) is 0 Å². The van der Waals surface area contributed by atoms with Gasteiger partial charge in [-0.25, -0.2) is 4.98 Å². The molecule has 0 saturated heterocycles. The number of hydrogen-bond donors (Lipinski definition) is 4. The quantitative estimate of drug-likeness (QED) is 0.188. The summed E-state index contributed by atoms with van der Waals surface area (Å²) in [6.07, 6.45) is -2.44. The van der Waals surface area contributed by atoms with Crippen LogP contribution in [0.5, 0.6) is 0 Å². The molecule has 1 aromatic heterocycles. The summed E-state index contributed by atoms with van der Waals surface area (Å²) in [5.74, 6) is -5.48. The molecule has 0 spiro atoms. The van der Waals surface area contributed by atoms with Gasteiger partial charge in [-0.3, -0.25) is 4.79 Å². The van der Waals surface area contributed by atoms with E-state index in [1.807, 2.05) is 13.8 Å². The zero-order valence-corrected chi connectivity index (χ0v) is 17.3. The van der Waals surface area contributed by atoms with Crippen LogP contribution in [-0.4, -0.2) is 36.1 Å². The Balaban J connectivity index is 2.69. The van der Waals surface area contributed by atoms with Crippen LogP contribution in [0.1, 0.15) is 32.4 Å². The molecular formula is C19H26F5N5O2. The molecule has 1 heterocycles. The lowest BCUT2D eigenvalue weighted by molar-refractivity contribution is -0.293. The van der Waals surface area contributed by atoms with Crippen molar-refractivity contribution < 1.29 is 31.5 Å². The molecular weight excluding hydrogens is 425 g/mol. The normalized spacial score (nSPS) is 14.4. The van der Waals surface area contributed by atoms with Crippen molar-refractivity contribution in [3.05, 3.63) is 47.6 Å². The number of nitrogens with one attached hydrogen (secondary N) is 2. The third-order valence-corrected chi connectivity index (χ3v) is 3.85. The Kier molecular flexibility index (Phi) is 9.07. The van der Waals surface area contributed by atoms with Crippen LogP contribution in [0.25, 0.3) is 0 Å². The van der Waals surface area contributed by atoms with Crippen molar-refractivity contribution in [2.24, 2.45) is 17.4 Å². The average molecular weight is 451 g/mol. The zero-order chi connectivity index (χ0) is 23.8. The van der Waals surface area contributed by atoms with E-state index in [4.69, 9.17) is 11.5 Å². The third kappa shape index (κ3) is 8.69. The SMILES string of the molecule is CC(C)CNc1cc(C(C)NC(=O)/C(N)=C/C=C(\N)OCC(F)(F)C(F)(F)F)ccn1. The van der Waals surface area contributed by atoms with E-state index in [0.29, 0.717) is 11.7 Å². The van der Waals surface area contributed by atoms with Crippen molar-refractivity contribution in [2.45, 2.75) is 38.9 Å². The summed E-state index contributed by atoms with van der Waals surface area (Å²) in [6.45, 7) is 4.52. The molecule has 174 valence electrons. The standard InChI is InChI=1S/C19H26F5N5O2/c1-11(2)9-28-16-8-13(6-7-27-16)12(3)29-17(30)14(25)4-5-15(26)31-10-18(20,21)19(22,23)24/h4-8,11-12H,9-10,25-26H2,1-3H3,(H,27,28)(H,29,30)/b14-4-,15-5+. The number of halogens is 5. The molecule has 7 nitrogen and oxygen atoms in total. The number of ether oxygens (including phenoxy) is 1. The van der Waals surface area contributed by atoms with E-state index >= 15 is 0 Å². The molecule has 1 rings (SSSR count). The minimum absolute atomic E-state index is 0.354. The van der Waals surface area contributed by atoms with E-state index in [0.717, 1.165) is 24.3 Å². The number of pyridine rings is 1. The predicted octanol–water partition coefficient (Wildman–Crippen LogP) is 3.18. The highest BCUT2D eigenvalue weighted by Crippen LogP contribution is 2.35. The molecule has 12 heteroatoms. The minimum atomic E-state index is -5.77. The molecule has 6 N–H and O–H groups in total. The lowest BCUT2D eigenvalue weighted by Crippen LogP contribution is -2.41. The molecule has 1 unspecified atom stereocenters. The van der Waals surface area contributed by atoms with Gasteiger partial charge in [0.2, 0.25) is 0 Å². The Hall–Kier alpha value is -3.05. The molecule has 0 aliphatic rings. The van der Waals surface area contributed by atoms with Crippen LogP contribution in [-0.2, 0) is 9.53 Å². The summed E-state index contributed by atoms with van der Waals surface area (Å²) >= 11 is 0. The molecule has 0 aliphatic carbocycles. The number of hydrogen-bond acceptors (Lipinski definition) is 6. The van der Waals surface area contributed by atoms with Crippen LogP contribution in [0.3, 0.4) is 0 Å². The van der Waals surface area contributed by atoms with Gasteiger partial charge in [-0.15, -0.1) is 0 Å². The van der Waals surface area contributed by atoms with Crippen molar-refractivity contribution in [1.82, 2.24) is 10.3 Å². The number of nitrogens with zero attached hydrogens (tertiary/aromatic N) is 1. The smallest absolute Gasteiger partial charge is 0.456 e. The Morgan fingerprint density at radius 1 is 1.19 bits per heavy atom. The van der Waals surface area contributed by atoms with Crippen molar-refractivity contribution in [1.29, 1.82) is 0 Å². The van der Waals surface area contributed by atoms with Crippen LogP contribution >= 0.6 is 0 Å². The van der Waals surface area contributed by atoms with Crippen LogP contribution in [0.15, 0.2) is 42.1 Å². The number of nitrogens with two attached hydrogens (primary N) is 2. The Morgan fingerprint density at radius 2 is 1.84 bits per heavy atom. The van der Waals surface area contributed by atoms with Gasteiger partial charge < -0.3 is 26.8 Å². The molecule has 1 amide bonds. The average Bonchev–Trinajstić information content (AvgIpc) is 2.68. The molecule has 0 saturated carbocycles. The van der Waals surface area contributed by atoms with Gasteiger partial charge in [0.15, 0.2) is 12.5 Å². The predicted molar refractivity (Wildman–Crippen MR) is 106 cm³/mol. The fraction of sp³-hybridized carbons (Fsp3) is 0.474. The summed E-state index contributed by atoms with van der Waals surface area (Å²) in [4.78, 5) is 16.4. The van der Waals surface area contributed by atoms with E-state index in [-0.39, 0.29) is 5.70 Å². The highest BCUT2D eigenvalue weighted by atomic mass is 19.4. The number of allylic oxidation sites excluding steroid dienone is 2. The molecule has 0 fully saturated rings. The number of carbonyl (C=O) groups is 1. The Bertz CT molecular complexity index is 809.